The second-order valence-corrected chi connectivity index (χ2v) is 16.3. The van der Waals surface area contributed by atoms with E-state index in [0.29, 0.717) is 34.4 Å². The third kappa shape index (κ3) is 6.40. The van der Waals surface area contributed by atoms with Gasteiger partial charge >= 0.3 is 6.36 Å². The molecule has 2 aromatic carbocycles. The second-order valence-electron chi connectivity index (χ2n) is 10.9. The first kappa shape index (κ1) is 29.4. The summed E-state index contributed by atoms with van der Waals surface area (Å²) in [4.78, 5) is 4.38. The maximum Gasteiger partial charge on any atom is 0.573 e. The van der Waals surface area contributed by atoms with Gasteiger partial charge in [0.1, 0.15) is 11.5 Å². The van der Waals surface area contributed by atoms with Crippen molar-refractivity contribution < 1.29 is 26.9 Å². The Morgan fingerprint density at radius 3 is 2.00 bits per heavy atom. The van der Waals surface area contributed by atoms with E-state index in [-0.39, 0.29) is 17.5 Å². The molecule has 2 heterocycles. The third-order valence-electron chi connectivity index (χ3n) is 7.23. The molecule has 0 aliphatic rings. The Morgan fingerprint density at radius 1 is 0.875 bits per heavy atom. The first-order chi connectivity index (χ1) is 18.8. The molecule has 0 N–H and O–H groups in total. The number of nitrogens with zero attached hydrogens (tertiary/aromatic N) is 4. The molecule has 2 aromatic heterocycles. The molecule has 0 spiro atoms. The Hall–Kier alpha value is -3.60. The minimum atomic E-state index is -4.75. The number of rotatable bonds is 10. The van der Waals surface area contributed by atoms with Crippen molar-refractivity contribution >= 4 is 8.32 Å². The molecule has 40 heavy (non-hydrogen) atoms. The molecule has 0 radical (unpaired) electrons. The van der Waals surface area contributed by atoms with E-state index in [1.807, 2.05) is 29.8 Å². The number of ether oxygens (including phenoxy) is 1. The van der Waals surface area contributed by atoms with Crippen LogP contribution in [0.3, 0.4) is 0 Å². The van der Waals surface area contributed by atoms with Crippen LogP contribution in [0.1, 0.15) is 52.8 Å². The van der Waals surface area contributed by atoms with E-state index in [0.717, 1.165) is 17.0 Å². The lowest BCUT2D eigenvalue weighted by molar-refractivity contribution is -0.274. The fourth-order valence-corrected chi connectivity index (χ4v) is 10.7. The molecule has 0 atom stereocenters. The lowest BCUT2D eigenvalue weighted by atomic mass is 10.2. The summed E-state index contributed by atoms with van der Waals surface area (Å²) >= 11 is 0. The number of alkyl halides is 3. The highest BCUT2D eigenvalue weighted by Gasteiger charge is 2.47. The van der Waals surface area contributed by atoms with Crippen LogP contribution >= 0.6 is 0 Å². The summed E-state index contributed by atoms with van der Waals surface area (Å²) in [5, 5.41) is 8.60. The van der Waals surface area contributed by atoms with E-state index < -0.39 is 14.7 Å². The van der Waals surface area contributed by atoms with Gasteiger partial charge in [-0.3, -0.25) is 4.68 Å². The van der Waals surface area contributed by atoms with Crippen LogP contribution in [0.15, 0.2) is 59.1 Å². The minimum Gasteiger partial charge on any atom is -0.543 e. The Morgan fingerprint density at radius 2 is 1.45 bits per heavy atom. The molecule has 0 unspecified atom stereocenters. The highest BCUT2D eigenvalue weighted by atomic mass is 28.4. The standard InChI is InChI=1S/C29H35F3N4O3Si/c1-18(2)40(19(3)4,20(5)6)39-25-12-8-22(9-13-25)17-36-21(7)16-26(34-36)28-33-27(35-38-28)23-10-14-24(15-11-23)37-29(30,31)32/h8-16,18-20H,17H2,1-7H3. The molecule has 0 bridgehead atoms. The van der Waals surface area contributed by atoms with Crippen LogP contribution < -0.4 is 9.16 Å². The summed E-state index contributed by atoms with van der Waals surface area (Å²) in [5.74, 6) is 1.03. The predicted molar refractivity (Wildman–Crippen MR) is 150 cm³/mol. The SMILES string of the molecule is Cc1cc(-c2nc(-c3ccc(OC(F)(F)F)cc3)no2)nn1Cc1ccc(O[Si](C(C)C)(C(C)C)C(C)C)cc1. The second kappa shape index (κ2) is 11.5. The molecule has 7 nitrogen and oxygen atoms in total. The summed E-state index contributed by atoms with van der Waals surface area (Å²) in [5.41, 5.74) is 4.45. The number of hydrogen-bond acceptors (Lipinski definition) is 6. The van der Waals surface area contributed by atoms with Gasteiger partial charge in [0.2, 0.25) is 5.82 Å². The van der Waals surface area contributed by atoms with Crippen molar-refractivity contribution in [1.29, 1.82) is 0 Å². The van der Waals surface area contributed by atoms with Gasteiger partial charge in [-0.05, 0) is 71.6 Å². The van der Waals surface area contributed by atoms with Gasteiger partial charge in [0.15, 0.2) is 5.69 Å². The van der Waals surface area contributed by atoms with Crippen LogP contribution in [0.4, 0.5) is 13.2 Å². The van der Waals surface area contributed by atoms with E-state index in [9.17, 15) is 13.2 Å². The van der Waals surface area contributed by atoms with Gasteiger partial charge in [-0.2, -0.15) is 10.1 Å². The molecule has 0 amide bonds. The van der Waals surface area contributed by atoms with Gasteiger partial charge in [-0.1, -0.05) is 58.8 Å². The van der Waals surface area contributed by atoms with Crippen molar-refractivity contribution in [2.75, 3.05) is 0 Å². The topological polar surface area (TPSA) is 75.2 Å². The lowest BCUT2D eigenvalue weighted by Crippen LogP contribution is -2.50. The summed E-state index contributed by atoms with van der Waals surface area (Å²) in [7, 11) is -2.03. The van der Waals surface area contributed by atoms with Crippen molar-refractivity contribution in [2.24, 2.45) is 0 Å². The zero-order valence-electron chi connectivity index (χ0n) is 23.8. The molecule has 0 saturated carbocycles. The van der Waals surface area contributed by atoms with Crippen LogP contribution in [0.5, 0.6) is 11.5 Å². The van der Waals surface area contributed by atoms with Gasteiger partial charge in [0.05, 0.1) is 6.54 Å². The Balaban J connectivity index is 1.46. The van der Waals surface area contributed by atoms with Crippen molar-refractivity contribution in [2.45, 2.75) is 78.0 Å². The Bertz CT molecular complexity index is 1390. The maximum atomic E-state index is 12.4. The fourth-order valence-electron chi connectivity index (χ4n) is 5.42. The average Bonchev–Trinajstić information content (AvgIpc) is 3.49. The van der Waals surface area contributed by atoms with E-state index in [2.05, 4.69) is 73.7 Å². The molecule has 0 saturated heterocycles. The Kier molecular flexibility index (Phi) is 8.43. The van der Waals surface area contributed by atoms with Crippen LogP contribution in [0.25, 0.3) is 23.0 Å². The monoisotopic (exact) mass is 572 g/mol. The van der Waals surface area contributed by atoms with Gasteiger partial charge < -0.3 is 13.7 Å². The van der Waals surface area contributed by atoms with E-state index in [4.69, 9.17) is 8.95 Å². The van der Waals surface area contributed by atoms with E-state index in [1.54, 1.807) is 0 Å². The number of halogens is 3. The van der Waals surface area contributed by atoms with Crippen LogP contribution in [0, 0.1) is 6.92 Å². The summed E-state index contributed by atoms with van der Waals surface area (Å²) < 4.78 is 55.2. The zero-order valence-corrected chi connectivity index (χ0v) is 24.8. The molecule has 4 aromatic rings. The highest BCUT2D eigenvalue weighted by molar-refractivity contribution is 6.78. The largest absolute Gasteiger partial charge is 0.573 e. The average molecular weight is 573 g/mol. The normalized spacial score (nSPS) is 12.5. The summed E-state index contributed by atoms with van der Waals surface area (Å²) in [6.07, 6.45) is -4.75. The number of hydrogen-bond donors (Lipinski definition) is 0. The predicted octanol–water partition coefficient (Wildman–Crippen LogP) is 8.41. The van der Waals surface area contributed by atoms with Crippen LogP contribution in [-0.2, 0) is 6.54 Å². The van der Waals surface area contributed by atoms with Crippen molar-refractivity contribution in [3.05, 3.63) is 65.9 Å². The molecule has 11 heteroatoms. The van der Waals surface area contributed by atoms with Gasteiger partial charge in [0.25, 0.3) is 14.2 Å². The first-order valence-electron chi connectivity index (χ1n) is 13.3. The molecular formula is C29H35F3N4O3Si. The van der Waals surface area contributed by atoms with Crippen molar-refractivity contribution in [1.82, 2.24) is 19.9 Å². The van der Waals surface area contributed by atoms with E-state index in [1.165, 1.54) is 24.3 Å². The van der Waals surface area contributed by atoms with Crippen molar-refractivity contribution in [3.8, 4) is 34.5 Å². The van der Waals surface area contributed by atoms with Crippen LogP contribution in [-0.4, -0.2) is 34.6 Å². The van der Waals surface area contributed by atoms with Gasteiger partial charge in [0, 0.05) is 11.3 Å². The van der Waals surface area contributed by atoms with E-state index >= 15 is 0 Å². The first-order valence-corrected chi connectivity index (χ1v) is 15.4. The smallest absolute Gasteiger partial charge is 0.543 e. The number of aromatic nitrogens is 4. The molecule has 4 rings (SSSR count). The van der Waals surface area contributed by atoms with Crippen molar-refractivity contribution in [3.63, 3.8) is 0 Å². The maximum absolute atomic E-state index is 12.4. The minimum absolute atomic E-state index is 0.216. The van der Waals surface area contributed by atoms with Gasteiger partial charge in [-0.15, -0.1) is 13.2 Å². The Labute approximate surface area is 233 Å². The number of benzene rings is 2. The summed E-state index contributed by atoms with van der Waals surface area (Å²) in [6, 6.07) is 15.3. The quantitative estimate of drug-likeness (QED) is 0.178. The molecule has 0 aliphatic carbocycles. The van der Waals surface area contributed by atoms with Gasteiger partial charge in [-0.25, -0.2) is 0 Å². The molecule has 0 aliphatic heterocycles. The zero-order chi connectivity index (χ0) is 29.2. The highest BCUT2D eigenvalue weighted by Crippen LogP contribution is 2.42. The summed E-state index contributed by atoms with van der Waals surface area (Å²) in [6.45, 7) is 16.1. The molecule has 214 valence electrons. The molecular weight excluding hydrogens is 537 g/mol. The fraction of sp³-hybridized carbons (Fsp3) is 0.414. The third-order valence-corrected chi connectivity index (χ3v) is 13.2. The molecule has 0 fully saturated rings. The van der Waals surface area contributed by atoms with Crippen LogP contribution in [0.2, 0.25) is 16.6 Å². The lowest BCUT2D eigenvalue weighted by Gasteiger charge is -2.42. The number of aryl methyl sites for hydroxylation is 1.